The molecule has 0 fully saturated rings. The SMILES string of the molecule is O=C(NCCO)c1ccc2nn[nH]c2c1. The molecule has 1 amide bonds. The Kier molecular flexibility index (Phi) is 2.59. The van der Waals surface area contributed by atoms with Gasteiger partial charge in [-0.25, -0.2) is 0 Å². The molecule has 0 atom stereocenters. The molecule has 0 radical (unpaired) electrons. The fourth-order valence-corrected chi connectivity index (χ4v) is 1.26. The summed E-state index contributed by atoms with van der Waals surface area (Å²) in [7, 11) is 0. The lowest BCUT2D eigenvalue weighted by Gasteiger charge is -2.02. The van der Waals surface area contributed by atoms with Gasteiger partial charge >= 0.3 is 0 Å². The van der Waals surface area contributed by atoms with Gasteiger partial charge in [0, 0.05) is 12.1 Å². The lowest BCUT2D eigenvalue weighted by molar-refractivity contribution is 0.0945. The van der Waals surface area contributed by atoms with Gasteiger partial charge in [-0.15, -0.1) is 5.10 Å². The summed E-state index contributed by atoms with van der Waals surface area (Å²) in [6.45, 7) is 0.178. The first-order chi connectivity index (χ1) is 7.31. The summed E-state index contributed by atoms with van der Waals surface area (Å²) in [4.78, 5) is 11.5. The lowest BCUT2D eigenvalue weighted by Crippen LogP contribution is -2.26. The van der Waals surface area contributed by atoms with Crippen LogP contribution in [0.2, 0.25) is 0 Å². The second-order valence-corrected chi connectivity index (χ2v) is 3.02. The van der Waals surface area contributed by atoms with Crippen molar-refractivity contribution in [1.82, 2.24) is 20.7 Å². The van der Waals surface area contributed by atoms with Crippen molar-refractivity contribution in [2.75, 3.05) is 13.2 Å². The average Bonchev–Trinajstić information content (AvgIpc) is 2.72. The summed E-state index contributed by atoms with van der Waals surface area (Å²) in [5.41, 5.74) is 1.95. The predicted octanol–water partition coefficient (Wildman–Crippen LogP) is -0.320. The minimum atomic E-state index is -0.222. The van der Waals surface area contributed by atoms with E-state index in [-0.39, 0.29) is 19.1 Å². The number of fused-ring (bicyclic) bond motifs is 1. The molecule has 2 rings (SSSR count). The summed E-state index contributed by atoms with van der Waals surface area (Å²) < 4.78 is 0. The van der Waals surface area contributed by atoms with E-state index in [2.05, 4.69) is 20.7 Å². The summed E-state index contributed by atoms with van der Waals surface area (Å²) >= 11 is 0. The Hall–Kier alpha value is -1.95. The highest BCUT2D eigenvalue weighted by Gasteiger charge is 2.06. The first kappa shape index (κ1) is 9.60. The highest BCUT2D eigenvalue weighted by atomic mass is 16.3. The van der Waals surface area contributed by atoms with Crippen LogP contribution in [0.3, 0.4) is 0 Å². The minimum absolute atomic E-state index is 0.0698. The number of aromatic nitrogens is 3. The van der Waals surface area contributed by atoms with Gasteiger partial charge in [-0.05, 0) is 18.2 Å². The van der Waals surface area contributed by atoms with E-state index in [1.807, 2.05) is 0 Å². The number of hydrogen-bond acceptors (Lipinski definition) is 4. The zero-order valence-corrected chi connectivity index (χ0v) is 7.90. The van der Waals surface area contributed by atoms with Crippen molar-refractivity contribution in [2.24, 2.45) is 0 Å². The number of H-pyrrole nitrogens is 1. The van der Waals surface area contributed by atoms with Crippen molar-refractivity contribution in [3.8, 4) is 0 Å². The lowest BCUT2D eigenvalue weighted by atomic mass is 10.2. The molecule has 0 saturated carbocycles. The number of aliphatic hydroxyl groups is 1. The average molecular weight is 206 g/mol. The highest BCUT2D eigenvalue weighted by Crippen LogP contribution is 2.10. The van der Waals surface area contributed by atoms with Gasteiger partial charge in [0.1, 0.15) is 5.52 Å². The van der Waals surface area contributed by atoms with Crippen LogP contribution in [0.1, 0.15) is 10.4 Å². The van der Waals surface area contributed by atoms with Crippen molar-refractivity contribution < 1.29 is 9.90 Å². The van der Waals surface area contributed by atoms with Gasteiger partial charge < -0.3 is 10.4 Å². The molecule has 0 aliphatic rings. The van der Waals surface area contributed by atoms with Crippen LogP contribution in [0.25, 0.3) is 11.0 Å². The second-order valence-electron chi connectivity index (χ2n) is 3.02. The summed E-state index contributed by atoms with van der Waals surface area (Å²) in [5, 5.41) is 21.2. The number of benzene rings is 1. The smallest absolute Gasteiger partial charge is 0.251 e. The molecule has 0 spiro atoms. The van der Waals surface area contributed by atoms with Crippen LogP contribution in [0.4, 0.5) is 0 Å². The molecule has 2 aromatic rings. The Labute approximate surface area is 85.3 Å². The maximum Gasteiger partial charge on any atom is 0.251 e. The molecule has 1 aromatic carbocycles. The molecule has 0 aliphatic heterocycles. The molecule has 1 heterocycles. The molecular weight excluding hydrogens is 196 g/mol. The van der Waals surface area contributed by atoms with Gasteiger partial charge in [0.2, 0.25) is 0 Å². The molecule has 1 aromatic heterocycles. The second kappa shape index (κ2) is 4.05. The van der Waals surface area contributed by atoms with Crippen LogP contribution < -0.4 is 5.32 Å². The predicted molar refractivity (Wildman–Crippen MR) is 53.3 cm³/mol. The summed E-state index contributed by atoms with van der Waals surface area (Å²) in [6, 6.07) is 5.05. The molecule has 3 N–H and O–H groups in total. The van der Waals surface area contributed by atoms with E-state index in [4.69, 9.17) is 5.11 Å². The first-order valence-electron chi connectivity index (χ1n) is 4.51. The molecule has 0 unspecified atom stereocenters. The third-order valence-corrected chi connectivity index (χ3v) is 1.98. The quantitative estimate of drug-likeness (QED) is 0.641. The molecule has 0 saturated heterocycles. The van der Waals surface area contributed by atoms with Gasteiger partial charge in [0.15, 0.2) is 0 Å². The topological polar surface area (TPSA) is 90.9 Å². The number of aromatic amines is 1. The number of carbonyl (C=O) groups is 1. The highest BCUT2D eigenvalue weighted by molar-refractivity contribution is 5.97. The third-order valence-electron chi connectivity index (χ3n) is 1.98. The third kappa shape index (κ3) is 1.94. The fraction of sp³-hybridized carbons (Fsp3) is 0.222. The molecule has 0 bridgehead atoms. The monoisotopic (exact) mass is 206 g/mol. The number of hydrogen-bond donors (Lipinski definition) is 3. The molecule has 6 nitrogen and oxygen atoms in total. The van der Waals surface area contributed by atoms with Crippen molar-refractivity contribution >= 4 is 16.9 Å². The maximum atomic E-state index is 11.5. The Balaban J connectivity index is 2.23. The zero-order chi connectivity index (χ0) is 10.7. The number of rotatable bonds is 3. The molecule has 6 heteroatoms. The van der Waals surface area contributed by atoms with Gasteiger partial charge in [-0.2, -0.15) is 0 Å². The largest absolute Gasteiger partial charge is 0.395 e. The van der Waals surface area contributed by atoms with E-state index in [0.29, 0.717) is 16.6 Å². The molecule has 15 heavy (non-hydrogen) atoms. The van der Waals surface area contributed by atoms with Gasteiger partial charge in [0.25, 0.3) is 5.91 Å². The summed E-state index contributed by atoms with van der Waals surface area (Å²) in [5.74, 6) is -0.222. The Morgan fingerprint density at radius 1 is 1.53 bits per heavy atom. The van der Waals surface area contributed by atoms with Crippen molar-refractivity contribution in [2.45, 2.75) is 0 Å². The van der Waals surface area contributed by atoms with E-state index in [1.54, 1.807) is 18.2 Å². The Morgan fingerprint density at radius 3 is 3.20 bits per heavy atom. The number of nitrogens with zero attached hydrogens (tertiary/aromatic N) is 2. The van der Waals surface area contributed by atoms with Gasteiger partial charge in [-0.3, -0.25) is 9.89 Å². The van der Waals surface area contributed by atoms with Crippen LogP contribution in [-0.2, 0) is 0 Å². The van der Waals surface area contributed by atoms with E-state index in [9.17, 15) is 4.79 Å². The number of carbonyl (C=O) groups excluding carboxylic acids is 1. The van der Waals surface area contributed by atoms with Crippen LogP contribution in [-0.4, -0.2) is 39.6 Å². The van der Waals surface area contributed by atoms with Crippen LogP contribution in [0.15, 0.2) is 18.2 Å². The van der Waals surface area contributed by atoms with Crippen LogP contribution in [0, 0.1) is 0 Å². The Morgan fingerprint density at radius 2 is 2.40 bits per heavy atom. The first-order valence-corrected chi connectivity index (χ1v) is 4.51. The maximum absolute atomic E-state index is 11.5. The zero-order valence-electron chi connectivity index (χ0n) is 7.90. The van der Waals surface area contributed by atoms with Gasteiger partial charge in [0.05, 0.1) is 12.1 Å². The van der Waals surface area contributed by atoms with Crippen LogP contribution >= 0.6 is 0 Å². The number of amides is 1. The fourth-order valence-electron chi connectivity index (χ4n) is 1.26. The molecular formula is C9H10N4O2. The molecule has 0 aliphatic carbocycles. The van der Waals surface area contributed by atoms with E-state index in [1.165, 1.54) is 0 Å². The van der Waals surface area contributed by atoms with Gasteiger partial charge in [-0.1, -0.05) is 5.21 Å². The van der Waals surface area contributed by atoms with Crippen molar-refractivity contribution in [1.29, 1.82) is 0 Å². The van der Waals surface area contributed by atoms with Crippen molar-refractivity contribution in [3.63, 3.8) is 0 Å². The van der Waals surface area contributed by atoms with Crippen molar-refractivity contribution in [3.05, 3.63) is 23.8 Å². The normalized spacial score (nSPS) is 10.5. The van der Waals surface area contributed by atoms with Crippen LogP contribution in [0.5, 0.6) is 0 Å². The summed E-state index contributed by atoms with van der Waals surface area (Å²) in [6.07, 6.45) is 0. The minimum Gasteiger partial charge on any atom is -0.395 e. The van der Waals surface area contributed by atoms with E-state index < -0.39 is 0 Å². The number of nitrogens with one attached hydrogen (secondary N) is 2. The number of aliphatic hydroxyl groups excluding tert-OH is 1. The Bertz CT molecular complexity index is 480. The molecule has 78 valence electrons. The van der Waals surface area contributed by atoms with E-state index >= 15 is 0 Å². The van der Waals surface area contributed by atoms with E-state index in [0.717, 1.165) is 0 Å². The standard InChI is InChI=1S/C9H10N4O2/c14-4-3-10-9(15)6-1-2-7-8(5-6)12-13-11-7/h1-2,5,14H,3-4H2,(H,10,15)(H,11,12,13).